The van der Waals surface area contributed by atoms with E-state index in [1.165, 1.54) is 0 Å². The first kappa shape index (κ1) is 18.7. The molecule has 0 amide bonds. The van der Waals surface area contributed by atoms with E-state index in [1.54, 1.807) is 41.5 Å². The van der Waals surface area contributed by atoms with Crippen molar-refractivity contribution in [2.24, 2.45) is 17.8 Å². The van der Waals surface area contributed by atoms with Crippen molar-refractivity contribution < 1.29 is 23.9 Å². The number of carbonyl (C=O) groups is 3. The summed E-state index contributed by atoms with van der Waals surface area (Å²) in [6, 6.07) is 0. The highest BCUT2D eigenvalue weighted by atomic mass is 16.6. The number of ether oxygens (including phenoxy) is 2. The van der Waals surface area contributed by atoms with Crippen LogP contribution < -0.4 is 0 Å². The van der Waals surface area contributed by atoms with Crippen molar-refractivity contribution in [1.29, 1.82) is 0 Å². The number of aldehydes is 1. The molecule has 5 heteroatoms. The fourth-order valence-electron chi connectivity index (χ4n) is 2.78. The molecule has 0 N–H and O–H groups in total. The fraction of sp³-hybridized carbons (Fsp3) is 0.824. The van der Waals surface area contributed by atoms with Crippen molar-refractivity contribution in [3.8, 4) is 0 Å². The van der Waals surface area contributed by atoms with Crippen LogP contribution in [0.4, 0.5) is 0 Å². The quantitative estimate of drug-likeness (QED) is 0.453. The number of esters is 2. The Bertz CT molecular complexity index is 399. The molecule has 0 aromatic carbocycles. The molecule has 22 heavy (non-hydrogen) atoms. The monoisotopic (exact) mass is 312 g/mol. The first-order chi connectivity index (χ1) is 9.94. The Hall–Kier alpha value is -1.39. The highest BCUT2D eigenvalue weighted by Gasteiger charge is 2.45. The lowest BCUT2D eigenvalue weighted by Gasteiger charge is -2.30. The van der Waals surface area contributed by atoms with Gasteiger partial charge in [0.25, 0.3) is 0 Å². The van der Waals surface area contributed by atoms with Crippen LogP contribution in [-0.2, 0) is 23.9 Å². The molecule has 5 nitrogen and oxygen atoms in total. The van der Waals surface area contributed by atoms with Crippen molar-refractivity contribution in [1.82, 2.24) is 0 Å². The smallest absolute Gasteiger partial charge is 0.321 e. The third kappa shape index (κ3) is 5.43. The molecule has 0 aromatic rings. The molecule has 1 saturated carbocycles. The summed E-state index contributed by atoms with van der Waals surface area (Å²) in [6.07, 6.45) is 3.04. The molecule has 1 aliphatic rings. The van der Waals surface area contributed by atoms with Crippen molar-refractivity contribution in [3.63, 3.8) is 0 Å². The van der Waals surface area contributed by atoms with Crippen molar-refractivity contribution in [3.05, 3.63) is 0 Å². The van der Waals surface area contributed by atoms with Gasteiger partial charge >= 0.3 is 11.9 Å². The van der Waals surface area contributed by atoms with Crippen molar-refractivity contribution in [2.75, 3.05) is 0 Å². The zero-order valence-electron chi connectivity index (χ0n) is 14.5. The molecule has 0 heterocycles. The minimum absolute atomic E-state index is 0.287. The Kier molecular flexibility index (Phi) is 5.76. The van der Waals surface area contributed by atoms with Gasteiger partial charge in [-0.2, -0.15) is 0 Å². The van der Waals surface area contributed by atoms with E-state index in [9.17, 15) is 14.4 Å². The van der Waals surface area contributed by atoms with Gasteiger partial charge in [-0.1, -0.05) is 6.42 Å². The Morgan fingerprint density at radius 3 is 1.77 bits per heavy atom. The second-order valence-electron chi connectivity index (χ2n) is 7.94. The molecular weight excluding hydrogens is 284 g/mol. The lowest BCUT2D eigenvalue weighted by atomic mass is 9.84. The van der Waals surface area contributed by atoms with Crippen LogP contribution in [0.2, 0.25) is 0 Å². The highest BCUT2D eigenvalue weighted by molar-refractivity contribution is 5.96. The summed E-state index contributed by atoms with van der Waals surface area (Å²) in [5.74, 6) is -2.84. The van der Waals surface area contributed by atoms with Gasteiger partial charge in [0.15, 0.2) is 5.92 Å². The first-order valence-corrected chi connectivity index (χ1v) is 7.85. The fourth-order valence-corrected chi connectivity index (χ4v) is 2.78. The standard InChI is InChI=1S/C17H28O5/c1-16(2,3)21-14(19)13(15(20)22-17(4,5)6)12-9-7-8-11(12)10-18/h10-13H,7-9H2,1-6H3/t11-,12+/m1/s1. The van der Waals surface area contributed by atoms with Gasteiger partial charge in [-0.15, -0.1) is 0 Å². The van der Waals surface area contributed by atoms with Gasteiger partial charge in [0.1, 0.15) is 17.5 Å². The summed E-state index contributed by atoms with van der Waals surface area (Å²) < 4.78 is 10.8. The molecule has 0 aromatic heterocycles. The minimum Gasteiger partial charge on any atom is -0.459 e. The summed E-state index contributed by atoms with van der Waals surface area (Å²) in [7, 11) is 0. The highest BCUT2D eigenvalue weighted by Crippen LogP contribution is 2.38. The van der Waals surface area contributed by atoms with E-state index in [0.717, 1.165) is 12.7 Å². The van der Waals surface area contributed by atoms with E-state index in [0.29, 0.717) is 12.8 Å². The molecule has 1 aliphatic carbocycles. The summed E-state index contributed by atoms with van der Waals surface area (Å²) in [4.78, 5) is 36.2. The number of hydrogen-bond donors (Lipinski definition) is 0. The maximum atomic E-state index is 12.5. The van der Waals surface area contributed by atoms with Crippen LogP contribution in [0.15, 0.2) is 0 Å². The van der Waals surface area contributed by atoms with E-state index in [1.807, 2.05) is 0 Å². The minimum atomic E-state index is -1.03. The molecule has 0 bridgehead atoms. The molecule has 0 spiro atoms. The second-order valence-corrected chi connectivity index (χ2v) is 7.94. The van der Waals surface area contributed by atoms with Crippen LogP contribution in [0.3, 0.4) is 0 Å². The zero-order valence-corrected chi connectivity index (χ0v) is 14.5. The Morgan fingerprint density at radius 1 is 0.955 bits per heavy atom. The summed E-state index contributed by atoms with van der Waals surface area (Å²) in [6.45, 7) is 10.5. The SMILES string of the molecule is CC(C)(C)OC(=O)C(C(=O)OC(C)(C)C)[C@H]1CCC[C@@H]1C=O. The predicted octanol–water partition coefficient (Wildman–Crippen LogP) is 2.90. The van der Waals surface area contributed by atoms with E-state index in [-0.39, 0.29) is 11.8 Å². The molecule has 1 fully saturated rings. The largest absolute Gasteiger partial charge is 0.459 e. The number of rotatable bonds is 4. The molecular formula is C17H28O5. The molecule has 126 valence electrons. The van der Waals surface area contributed by atoms with Crippen molar-refractivity contribution in [2.45, 2.75) is 72.0 Å². The van der Waals surface area contributed by atoms with Crippen LogP contribution in [0.1, 0.15) is 60.8 Å². The molecule has 0 aliphatic heterocycles. The lowest BCUT2D eigenvalue weighted by Crippen LogP contribution is -2.41. The van der Waals surface area contributed by atoms with E-state index < -0.39 is 29.1 Å². The summed E-state index contributed by atoms with van der Waals surface area (Å²) >= 11 is 0. The number of carbonyl (C=O) groups excluding carboxylic acids is 3. The van der Waals surface area contributed by atoms with E-state index in [4.69, 9.17) is 9.47 Å². The van der Waals surface area contributed by atoms with E-state index >= 15 is 0 Å². The summed E-state index contributed by atoms with van der Waals surface area (Å²) in [5, 5.41) is 0. The zero-order chi connectivity index (χ0) is 17.1. The van der Waals surface area contributed by atoms with Gasteiger partial charge in [0.05, 0.1) is 0 Å². The average Bonchev–Trinajstić information content (AvgIpc) is 2.72. The van der Waals surface area contributed by atoms with Crippen LogP contribution in [0.5, 0.6) is 0 Å². The molecule has 2 atom stereocenters. The van der Waals surface area contributed by atoms with E-state index in [2.05, 4.69) is 0 Å². The van der Waals surface area contributed by atoms with Crippen LogP contribution in [0.25, 0.3) is 0 Å². The van der Waals surface area contributed by atoms with Gasteiger partial charge in [0, 0.05) is 5.92 Å². The maximum Gasteiger partial charge on any atom is 0.321 e. The van der Waals surface area contributed by atoms with Crippen molar-refractivity contribution >= 4 is 18.2 Å². The topological polar surface area (TPSA) is 69.7 Å². The Morgan fingerprint density at radius 2 is 1.41 bits per heavy atom. The second kappa shape index (κ2) is 6.80. The third-order valence-corrected chi connectivity index (χ3v) is 3.55. The molecule has 0 radical (unpaired) electrons. The average molecular weight is 312 g/mol. The van der Waals surface area contributed by atoms with Gasteiger partial charge in [0.2, 0.25) is 0 Å². The first-order valence-electron chi connectivity index (χ1n) is 7.85. The predicted molar refractivity (Wildman–Crippen MR) is 82.1 cm³/mol. The Labute approximate surface area is 132 Å². The van der Waals surface area contributed by atoms with Crippen LogP contribution in [-0.4, -0.2) is 29.4 Å². The molecule has 1 rings (SSSR count). The Balaban J connectivity index is 3.01. The van der Waals surface area contributed by atoms with Gasteiger partial charge in [-0.05, 0) is 60.3 Å². The number of hydrogen-bond acceptors (Lipinski definition) is 5. The maximum absolute atomic E-state index is 12.5. The molecule has 0 unspecified atom stereocenters. The van der Waals surface area contributed by atoms with Crippen LogP contribution >= 0.6 is 0 Å². The third-order valence-electron chi connectivity index (χ3n) is 3.55. The molecule has 0 saturated heterocycles. The normalized spacial score (nSPS) is 22.5. The lowest BCUT2D eigenvalue weighted by molar-refractivity contribution is -0.177. The van der Waals surface area contributed by atoms with Crippen LogP contribution in [0, 0.1) is 17.8 Å². The van der Waals surface area contributed by atoms with Gasteiger partial charge < -0.3 is 14.3 Å². The summed E-state index contributed by atoms with van der Waals surface area (Å²) in [5.41, 5.74) is -1.38. The van der Waals surface area contributed by atoms with Gasteiger partial charge in [-0.3, -0.25) is 9.59 Å². The van der Waals surface area contributed by atoms with Gasteiger partial charge in [-0.25, -0.2) is 0 Å².